The van der Waals surface area contributed by atoms with Gasteiger partial charge in [-0.3, -0.25) is 10.1 Å². The molecule has 7 heteroatoms. The monoisotopic (exact) mass is 237 g/mol. The third-order valence-corrected chi connectivity index (χ3v) is 1.62. The second-order valence-electron chi connectivity index (χ2n) is 2.22. The number of nitro benzene ring substituents is 1. The zero-order chi connectivity index (χ0) is 10.0. The maximum absolute atomic E-state index is 10.5. The summed E-state index contributed by atoms with van der Waals surface area (Å²) in [6, 6.07) is 3.37. The normalized spacial score (nSPS) is 8.93. The highest BCUT2D eigenvalue weighted by Gasteiger charge is 2.19. The summed E-state index contributed by atoms with van der Waals surface area (Å²) >= 11 is 5.48. The highest BCUT2D eigenvalue weighted by Crippen LogP contribution is 2.22. The molecule has 0 radical (unpaired) electrons. The van der Waals surface area contributed by atoms with Crippen molar-refractivity contribution in [2.24, 2.45) is 0 Å². The van der Waals surface area contributed by atoms with Crippen molar-refractivity contribution in [1.82, 2.24) is 0 Å². The summed E-state index contributed by atoms with van der Waals surface area (Å²) in [6.07, 6.45) is 0. The molecule has 14 heavy (non-hydrogen) atoms. The highest BCUT2D eigenvalue weighted by atomic mass is 35.5. The summed E-state index contributed by atoms with van der Waals surface area (Å²) in [5.41, 5.74) is -0.866. The molecule has 0 amide bonds. The summed E-state index contributed by atoms with van der Waals surface area (Å²) in [6.45, 7) is 0. The molecule has 0 aliphatic carbocycles. The zero-order valence-electron chi connectivity index (χ0n) is 6.64. The Labute approximate surface area is 89.9 Å². The minimum Gasteiger partial charge on any atom is -0.477 e. The Morgan fingerprint density at radius 3 is 2.50 bits per heavy atom. The lowest BCUT2D eigenvalue weighted by molar-refractivity contribution is -0.385. The van der Waals surface area contributed by atoms with Crippen LogP contribution in [0.1, 0.15) is 10.4 Å². The van der Waals surface area contributed by atoms with Crippen molar-refractivity contribution in [3.8, 4) is 0 Å². The highest BCUT2D eigenvalue weighted by molar-refractivity contribution is 6.31. The molecule has 0 spiro atoms. The minimum atomic E-state index is -1.37. The van der Waals surface area contributed by atoms with Crippen molar-refractivity contribution >= 4 is 35.7 Å². The number of nitro groups is 1. The van der Waals surface area contributed by atoms with Gasteiger partial charge in [-0.05, 0) is 12.1 Å². The largest absolute Gasteiger partial charge is 0.477 e. The summed E-state index contributed by atoms with van der Waals surface area (Å²) < 4.78 is 0. The van der Waals surface area contributed by atoms with E-state index in [2.05, 4.69) is 0 Å². The molecular formula is C7H5Cl2NO4. The molecule has 0 saturated heterocycles. The van der Waals surface area contributed by atoms with E-state index in [1.165, 1.54) is 6.07 Å². The number of aromatic carboxylic acids is 1. The van der Waals surface area contributed by atoms with Gasteiger partial charge in [0.15, 0.2) is 0 Å². The van der Waals surface area contributed by atoms with E-state index in [0.29, 0.717) is 0 Å². The fourth-order valence-corrected chi connectivity index (χ4v) is 1.01. The zero-order valence-corrected chi connectivity index (χ0v) is 8.21. The number of halogens is 2. The molecule has 5 nitrogen and oxygen atoms in total. The first-order valence-electron chi connectivity index (χ1n) is 3.19. The average Bonchev–Trinajstić information content (AvgIpc) is 2.03. The van der Waals surface area contributed by atoms with E-state index >= 15 is 0 Å². The molecule has 0 heterocycles. The number of rotatable bonds is 2. The molecule has 1 aromatic rings. The molecule has 0 fully saturated rings. The Morgan fingerprint density at radius 2 is 2.07 bits per heavy atom. The lowest BCUT2D eigenvalue weighted by Gasteiger charge is -1.97. The van der Waals surface area contributed by atoms with Crippen LogP contribution in [0.15, 0.2) is 18.2 Å². The Kier molecular flexibility index (Phi) is 4.33. The van der Waals surface area contributed by atoms with Gasteiger partial charge in [0, 0.05) is 11.1 Å². The molecule has 1 rings (SSSR count). The summed E-state index contributed by atoms with van der Waals surface area (Å²) in [4.78, 5) is 20.1. The van der Waals surface area contributed by atoms with Gasteiger partial charge in [-0.2, -0.15) is 0 Å². The first kappa shape index (κ1) is 12.7. The number of benzene rings is 1. The van der Waals surface area contributed by atoms with Crippen molar-refractivity contribution in [2.45, 2.75) is 0 Å². The van der Waals surface area contributed by atoms with E-state index in [0.717, 1.165) is 12.1 Å². The number of carboxylic acids is 1. The molecular weight excluding hydrogens is 233 g/mol. The van der Waals surface area contributed by atoms with Crippen molar-refractivity contribution in [2.75, 3.05) is 0 Å². The molecule has 0 bridgehead atoms. The molecule has 0 atom stereocenters. The van der Waals surface area contributed by atoms with Gasteiger partial charge in [0.25, 0.3) is 5.69 Å². The van der Waals surface area contributed by atoms with Crippen molar-refractivity contribution in [3.63, 3.8) is 0 Å². The fraction of sp³-hybridized carbons (Fsp3) is 0. The first-order valence-corrected chi connectivity index (χ1v) is 3.57. The Bertz CT molecular complexity index is 380. The van der Waals surface area contributed by atoms with Crippen LogP contribution in [0.5, 0.6) is 0 Å². The average molecular weight is 238 g/mol. The van der Waals surface area contributed by atoms with Crippen LogP contribution < -0.4 is 0 Å². The number of carbonyl (C=O) groups is 1. The molecule has 1 N–H and O–H groups in total. The van der Waals surface area contributed by atoms with Gasteiger partial charge in [-0.25, -0.2) is 4.79 Å². The van der Waals surface area contributed by atoms with Gasteiger partial charge in [-0.1, -0.05) is 11.6 Å². The first-order chi connectivity index (χ1) is 6.02. The quantitative estimate of drug-likeness (QED) is 0.633. The smallest absolute Gasteiger partial charge is 0.342 e. The van der Waals surface area contributed by atoms with Crippen LogP contribution in [0.2, 0.25) is 5.02 Å². The topological polar surface area (TPSA) is 80.4 Å². The van der Waals surface area contributed by atoms with Gasteiger partial charge < -0.3 is 5.11 Å². The Hall–Kier alpha value is -1.33. The Balaban J connectivity index is 0.00000169. The summed E-state index contributed by atoms with van der Waals surface area (Å²) in [5, 5.41) is 19.1. The maximum Gasteiger partial charge on any atom is 0.342 e. The molecule has 0 unspecified atom stereocenters. The van der Waals surface area contributed by atoms with Crippen molar-refractivity contribution < 1.29 is 14.8 Å². The fourth-order valence-electron chi connectivity index (χ4n) is 0.839. The van der Waals surface area contributed by atoms with Gasteiger partial charge in [-0.15, -0.1) is 12.4 Å². The minimum absolute atomic E-state index is 0. The van der Waals surface area contributed by atoms with Crippen LogP contribution in [0, 0.1) is 10.1 Å². The van der Waals surface area contributed by atoms with E-state index in [4.69, 9.17) is 16.7 Å². The second kappa shape index (κ2) is 4.78. The van der Waals surface area contributed by atoms with E-state index in [1.807, 2.05) is 0 Å². The summed E-state index contributed by atoms with van der Waals surface area (Å²) in [7, 11) is 0. The SMILES string of the molecule is Cl.O=C(O)c1cc(Cl)ccc1[N+](=O)[O-]. The number of hydrogen-bond acceptors (Lipinski definition) is 3. The van der Waals surface area contributed by atoms with E-state index < -0.39 is 22.1 Å². The van der Waals surface area contributed by atoms with E-state index in [9.17, 15) is 14.9 Å². The van der Waals surface area contributed by atoms with Crippen molar-refractivity contribution in [3.05, 3.63) is 38.9 Å². The molecule has 0 aromatic heterocycles. The van der Waals surface area contributed by atoms with Crippen LogP contribution >= 0.6 is 24.0 Å². The molecule has 1 aromatic carbocycles. The third-order valence-electron chi connectivity index (χ3n) is 1.39. The molecule has 0 saturated carbocycles. The van der Waals surface area contributed by atoms with Crippen LogP contribution in [-0.2, 0) is 0 Å². The van der Waals surface area contributed by atoms with Gasteiger partial charge in [0.1, 0.15) is 5.56 Å². The summed E-state index contributed by atoms with van der Waals surface area (Å²) in [5.74, 6) is -1.37. The molecule has 0 aliphatic heterocycles. The van der Waals surface area contributed by atoms with E-state index in [1.54, 1.807) is 0 Å². The number of nitrogens with zero attached hydrogens (tertiary/aromatic N) is 1. The second-order valence-corrected chi connectivity index (χ2v) is 2.66. The van der Waals surface area contributed by atoms with Gasteiger partial charge >= 0.3 is 5.97 Å². The number of carboxylic acid groups (broad SMARTS) is 1. The van der Waals surface area contributed by atoms with Crippen LogP contribution in [0.3, 0.4) is 0 Å². The van der Waals surface area contributed by atoms with Gasteiger partial charge in [0.05, 0.1) is 4.92 Å². The predicted octanol–water partition coefficient (Wildman–Crippen LogP) is 2.37. The maximum atomic E-state index is 10.5. The third kappa shape index (κ3) is 2.58. The van der Waals surface area contributed by atoms with Crippen molar-refractivity contribution in [1.29, 1.82) is 0 Å². The predicted molar refractivity (Wildman–Crippen MR) is 52.3 cm³/mol. The lowest BCUT2D eigenvalue weighted by Crippen LogP contribution is -2.02. The standard InChI is InChI=1S/C7H4ClNO4.ClH/c8-4-1-2-6(9(12)13)5(3-4)7(10)11;/h1-3H,(H,10,11);1H. The van der Waals surface area contributed by atoms with Crippen LogP contribution in [0.25, 0.3) is 0 Å². The van der Waals surface area contributed by atoms with Gasteiger partial charge in [0.2, 0.25) is 0 Å². The molecule has 0 aliphatic rings. The van der Waals surface area contributed by atoms with Crippen LogP contribution in [-0.4, -0.2) is 16.0 Å². The molecule has 76 valence electrons. The lowest BCUT2D eigenvalue weighted by atomic mass is 10.2. The number of hydrogen-bond donors (Lipinski definition) is 1. The van der Waals surface area contributed by atoms with E-state index in [-0.39, 0.29) is 17.4 Å². The van der Waals surface area contributed by atoms with Crippen LogP contribution in [0.4, 0.5) is 5.69 Å². The Morgan fingerprint density at radius 1 is 1.50 bits per heavy atom.